The molecule has 7 heteroatoms. The minimum absolute atomic E-state index is 0.102. The van der Waals surface area contributed by atoms with Crippen molar-refractivity contribution in [2.45, 2.75) is 36.9 Å². The summed E-state index contributed by atoms with van der Waals surface area (Å²) in [6.45, 7) is 3.08. The highest BCUT2D eigenvalue weighted by Gasteiger charge is 2.32. The molecule has 1 aromatic carbocycles. The van der Waals surface area contributed by atoms with Crippen molar-refractivity contribution in [1.29, 1.82) is 0 Å². The number of benzene rings is 1. The number of carbonyl (C=O) groups excluding carboxylic acids is 1. The fourth-order valence-corrected chi connectivity index (χ4v) is 3.61. The van der Waals surface area contributed by atoms with Crippen LogP contribution in [0.15, 0.2) is 29.2 Å². The highest BCUT2D eigenvalue weighted by molar-refractivity contribution is 7.89. The van der Waals surface area contributed by atoms with Gasteiger partial charge >= 0.3 is 0 Å². The van der Waals surface area contributed by atoms with Crippen molar-refractivity contribution >= 4 is 15.8 Å². The smallest absolute Gasteiger partial charge is 0.240 e. The molecule has 23 heavy (non-hydrogen) atoms. The van der Waals surface area contributed by atoms with Gasteiger partial charge in [0.05, 0.1) is 18.1 Å². The van der Waals surface area contributed by atoms with E-state index in [0.717, 1.165) is 12.8 Å². The Bertz CT molecular complexity index is 673. The molecule has 0 atom stereocenters. The number of ketones is 1. The third kappa shape index (κ3) is 3.98. The molecule has 0 unspecified atom stereocenters. The van der Waals surface area contributed by atoms with E-state index in [1.54, 1.807) is 19.1 Å². The molecule has 0 bridgehead atoms. The monoisotopic (exact) mass is 339 g/mol. The Morgan fingerprint density at radius 1 is 1.22 bits per heavy atom. The predicted molar refractivity (Wildman–Crippen MR) is 83.6 cm³/mol. The number of hydrogen-bond acceptors (Lipinski definition) is 5. The molecule has 1 saturated carbocycles. The molecule has 2 fully saturated rings. The predicted octanol–water partition coefficient (Wildman–Crippen LogP) is 1.71. The van der Waals surface area contributed by atoms with Crippen molar-refractivity contribution in [3.05, 3.63) is 29.8 Å². The van der Waals surface area contributed by atoms with E-state index in [1.165, 1.54) is 12.1 Å². The van der Waals surface area contributed by atoms with Gasteiger partial charge in [0.1, 0.15) is 0 Å². The molecule has 1 heterocycles. The van der Waals surface area contributed by atoms with E-state index >= 15 is 0 Å². The van der Waals surface area contributed by atoms with E-state index < -0.39 is 15.8 Å². The van der Waals surface area contributed by atoms with Gasteiger partial charge in [0.2, 0.25) is 10.0 Å². The van der Waals surface area contributed by atoms with E-state index in [1.807, 2.05) is 0 Å². The molecule has 0 radical (unpaired) electrons. The summed E-state index contributed by atoms with van der Waals surface area (Å²) >= 11 is 0. The molecular weight excluding hydrogens is 318 g/mol. The maximum atomic E-state index is 12.3. The summed E-state index contributed by atoms with van der Waals surface area (Å²) in [4.78, 5) is 12.1. The van der Waals surface area contributed by atoms with Gasteiger partial charge in [-0.05, 0) is 31.9 Å². The molecule has 1 aliphatic carbocycles. The molecule has 1 aliphatic heterocycles. The van der Waals surface area contributed by atoms with Gasteiger partial charge in [-0.15, -0.1) is 0 Å². The lowest BCUT2D eigenvalue weighted by molar-refractivity contribution is -0.145. The van der Waals surface area contributed by atoms with Crippen LogP contribution in [0.2, 0.25) is 0 Å². The Kier molecular flexibility index (Phi) is 4.55. The first-order chi connectivity index (χ1) is 10.9. The maximum Gasteiger partial charge on any atom is 0.240 e. The zero-order chi connectivity index (χ0) is 16.5. The van der Waals surface area contributed by atoms with Crippen LogP contribution in [0.4, 0.5) is 0 Å². The molecule has 1 aromatic rings. The van der Waals surface area contributed by atoms with Crippen molar-refractivity contribution in [3.8, 4) is 0 Å². The zero-order valence-corrected chi connectivity index (χ0v) is 13.9. The SMILES string of the molecule is CC1(CCNS(=O)(=O)c2ccc(C(=O)C3CC3)cc2)OCCO1. The molecule has 1 saturated heterocycles. The van der Waals surface area contributed by atoms with Crippen molar-refractivity contribution in [1.82, 2.24) is 4.72 Å². The van der Waals surface area contributed by atoms with Crippen LogP contribution in [0, 0.1) is 5.92 Å². The molecule has 1 N–H and O–H groups in total. The second-order valence-corrected chi connectivity index (χ2v) is 7.91. The number of ether oxygens (including phenoxy) is 2. The summed E-state index contributed by atoms with van der Waals surface area (Å²) in [5, 5.41) is 0. The number of carbonyl (C=O) groups is 1. The Balaban J connectivity index is 1.59. The Morgan fingerprint density at radius 3 is 2.39 bits per heavy atom. The first-order valence-corrected chi connectivity index (χ1v) is 9.30. The minimum atomic E-state index is -3.60. The molecule has 0 spiro atoms. The quantitative estimate of drug-likeness (QED) is 0.765. The lowest BCUT2D eigenvalue weighted by Gasteiger charge is -2.22. The molecule has 0 aromatic heterocycles. The summed E-state index contributed by atoms with van der Waals surface area (Å²) in [6.07, 6.45) is 2.30. The summed E-state index contributed by atoms with van der Waals surface area (Å²) < 4.78 is 37.9. The lowest BCUT2D eigenvalue weighted by Crippen LogP contribution is -2.33. The van der Waals surface area contributed by atoms with Crippen LogP contribution >= 0.6 is 0 Å². The second kappa shape index (κ2) is 6.32. The lowest BCUT2D eigenvalue weighted by atomic mass is 10.1. The number of nitrogens with one attached hydrogen (secondary N) is 1. The standard InChI is InChI=1S/C16H21NO5S/c1-16(21-10-11-22-16)8-9-17-23(19,20)14-6-4-13(5-7-14)15(18)12-2-3-12/h4-7,12,17H,2-3,8-11H2,1H3. The van der Waals surface area contributed by atoms with E-state index in [0.29, 0.717) is 25.2 Å². The highest BCUT2D eigenvalue weighted by atomic mass is 32.2. The third-order valence-electron chi connectivity index (χ3n) is 4.17. The summed E-state index contributed by atoms with van der Waals surface area (Å²) in [7, 11) is -3.60. The van der Waals surface area contributed by atoms with E-state index in [9.17, 15) is 13.2 Å². The van der Waals surface area contributed by atoms with E-state index in [2.05, 4.69) is 4.72 Å². The Hall–Kier alpha value is -1.28. The van der Waals surface area contributed by atoms with Gasteiger partial charge in [-0.3, -0.25) is 4.79 Å². The first kappa shape index (κ1) is 16.6. The average Bonchev–Trinajstić information content (AvgIpc) is 3.29. The van der Waals surface area contributed by atoms with Crippen LogP contribution < -0.4 is 4.72 Å². The van der Waals surface area contributed by atoms with E-state index in [4.69, 9.17) is 9.47 Å². The highest BCUT2D eigenvalue weighted by Crippen LogP contribution is 2.32. The molecule has 126 valence electrons. The van der Waals surface area contributed by atoms with Crippen LogP contribution in [-0.4, -0.2) is 39.7 Å². The van der Waals surface area contributed by atoms with Crippen LogP contribution in [0.3, 0.4) is 0 Å². The topological polar surface area (TPSA) is 81.7 Å². The third-order valence-corrected chi connectivity index (χ3v) is 5.64. The van der Waals surface area contributed by atoms with Gasteiger partial charge < -0.3 is 9.47 Å². The Labute approximate surface area is 136 Å². The largest absolute Gasteiger partial charge is 0.348 e. The van der Waals surface area contributed by atoms with Crippen LogP contribution in [0.5, 0.6) is 0 Å². The van der Waals surface area contributed by atoms with Crippen molar-refractivity contribution in [2.24, 2.45) is 5.92 Å². The molecule has 0 amide bonds. The fourth-order valence-electron chi connectivity index (χ4n) is 2.58. The fraction of sp³-hybridized carbons (Fsp3) is 0.562. The number of sulfonamides is 1. The molecule has 6 nitrogen and oxygen atoms in total. The number of hydrogen-bond donors (Lipinski definition) is 1. The number of rotatable bonds is 7. The normalized spacial score (nSPS) is 20.6. The second-order valence-electron chi connectivity index (χ2n) is 6.14. The van der Waals surface area contributed by atoms with Crippen LogP contribution in [0.25, 0.3) is 0 Å². The van der Waals surface area contributed by atoms with E-state index in [-0.39, 0.29) is 23.1 Å². The zero-order valence-electron chi connectivity index (χ0n) is 13.1. The van der Waals surface area contributed by atoms with Gasteiger partial charge in [0.15, 0.2) is 11.6 Å². The molecule has 2 aliphatic rings. The average molecular weight is 339 g/mol. The van der Waals surface area contributed by atoms with Gasteiger partial charge in [-0.25, -0.2) is 13.1 Å². The minimum Gasteiger partial charge on any atom is -0.348 e. The summed E-state index contributed by atoms with van der Waals surface area (Å²) in [5.41, 5.74) is 0.576. The van der Waals surface area contributed by atoms with Gasteiger partial charge in [0, 0.05) is 24.4 Å². The summed E-state index contributed by atoms with van der Waals surface area (Å²) in [5.74, 6) is -0.489. The summed E-state index contributed by atoms with van der Waals surface area (Å²) in [6, 6.07) is 6.11. The van der Waals surface area contributed by atoms with Gasteiger partial charge in [0.25, 0.3) is 0 Å². The van der Waals surface area contributed by atoms with Gasteiger partial charge in [-0.2, -0.15) is 0 Å². The van der Waals surface area contributed by atoms with Crippen LogP contribution in [0.1, 0.15) is 36.5 Å². The van der Waals surface area contributed by atoms with Crippen molar-refractivity contribution in [2.75, 3.05) is 19.8 Å². The van der Waals surface area contributed by atoms with Gasteiger partial charge in [-0.1, -0.05) is 12.1 Å². The molecular formula is C16H21NO5S. The van der Waals surface area contributed by atoms with Crippen molar-refractivity contribution < 1.29 is 22.7 Å². The Morgan fingerprint density at radius 2 is 1.83 bits per heavy atom. The molecule has 3 rings (SSSR count). The number of Topliss-reactive ketones (excluding diaryl/α,β-unsaturated/α-hetero) is 1. The van der Waals surface area contributed by atoms with Crippen LogP contribution in [-0.2, 0) is 19.5 Å². The maximum absolute atomic E-state index is 12.3. The van der Waals surface area contributed by atoms with Crippen molar-refractivity contribution in [3.63, 3.8) is 0 Å². The first-order valence-electron chi connectivity index (χ1n) is 7.81.